The molecule has 0 heterocycles. The van der Waals surface area contributed by atoms with E-state index in [1.54, 1.807) is 31.3 Å². The lowest BCUT2D eigenvalue weighted by Crippen LogP contribution is -2.51. The number of alkyl halides is 3. The average Bonchev–Trinajstić information content (AvgIpc) is 2.50. The molecule has 1 atom stereocenters. The summed E-state index contributed by atoms with van der Waals surface area (Å²) >= 11 is 0. The first kappa shape index (κ1) is 19.8. The minimum atomic E-state index is -4.50. The van der Waals surface area contributed by atoms with Crippen molar-refractivity contribution in [3.63, 3.8) is 0 Å². The molecule has 0 saturated carbocycles. The fourth-order valence-electron chi connectivity index (χ4n) is 1.93. The summed E-state index contributed by atoms with van der Waals surface area (Å²) < 4.78 is 41.8. The van der Waals surface area contributed by atoms with Crippen LogP contribution >= 0.6 is 0 Å². The smallest absolute Gasteiger partial charge is 0.405 e. The van der Waals surface area contributed by atoms with Crippen LogP contribution in [0.15, 0.2) is 24.3 Å². The topological polar surface area (TPSA) is 67.4 Å². The largest absolute Gasteiger partial charge is 0.494 e. The van der Waals surface area contributed by atoms with Gasteiger partial charge < -0.3 is 15.4 Å². The molecule has 5 nitrogen and oxygen atoms in total. The fourth-order valence-corrected chi connectivity index (χ4v) is 1.93. The predicted octanol–water partition coefficient (Wildman–Crippen LogP) is 2.52. The van der Waals surface area contributed by atoms with Gasteiger partial charge in [0.2, 0.25) is 5.91 Å². The van der Waals surface area contributed by atoms with Gasteiger partial charge in [0.25, 0.3) is 5.91 Å². The second-order valence-corrected chi connectivity index (χ2v) is 5.49. The molecule has 1 aromatic carbocycles. The number of rotatable bonds is 7. The van der Waals surface area contributed by atoms with E-state index in [0.29, 0.717) is 12.4 Å². The van der Waals surface area contributed by atoms with Crippen LogP contribution in [0.3, 0.4) is 0 Å². The van der Waals surface area contributed by atoms with Gasteiger partial charge in [-0.1, -0.05) is 13.8 Å². The number of ether oxygens (including phenoxy) is 1. The van der Waals surface area contributed by atoms with Gasteiger partial charge in [-0.15, -0.1) is 0 Å². The lowest BCUT2D eigenvalue weighted by atomic mass is 10.0. The third-order valence-electron chi connectivity index (χ3n) is 3.13. The number of halogens is 3. The highest BCUT2D eigenvalue weighted by Gasteiger charge is 2.31. The molecule has 1 aromatic rings. The van der Waals surface area contributed by atoms with E-state index in [1.165, 1.54) is 12.1 Å². The van der Waals surface area contributed by atoms with Crippen LogP contribution in [-0.2, 0) is 4.79 Å². The molecule has 1 unspecified atom stereocenters. The molecule has 2 N–H and O–H groups in total. The maximum atomic E-state index is 12.2. The molecule has 8 heteroatoms. The van der Waals surface area contributed by atoms with Gasteiger partial charge in [-0.3, -0.25) is 9.59 Å². The first-order valence-corrected chi connectivity index (χ1v) is 7.52. The number of benzene rings is 1. The first-order valence-electron chi connectivity index (χ1n) is 7.52. The van der Waals surface area contributed by atoms with Crippen LogP contribution in [0.1, 0.15) is 31.1 Å². The van der Waals surface area contributed by atoms with E-state index in [-0.39, 0.29) is 11.5 Å². The SMILES string of the molecule is CCOc1ccc(C(=O)NC(C(=O)NCC(F)(F)F)C(C)C)cc1. The van der Waals surface area contributed by atoms with E-state index in [9.17, 15) is 22.8 Å². The summed E-state index contributed by atoms with van der Waals surface area (Å²) in [4.78, 5) is 24.1. The van der Waals surface area contributed by atoms with E-state index in [4.69, 9.17) is 4.74 Å². The van der Waals surface area contributed by atoms with Crippen LogP contribution in [0, 0.1) is 5.92 Å². The lowest BCUT2D eigenvalue weighted by molar-refractivity contribution is -0.140. The molecule has 0 fully saturated rings. The van der Waals surface area contributed by atoms with Gasteiger partial charge in [0, 0.05) is 5.56 Å². The second kappa shape index (κ2) is 8.56. The van der Waals surface area contributed by atoms with Crippen molar-refractivity contribution in [3.05, 3.63) is 29.8 Å². The zero-order valence-corrected chi connectivity index (χ0v) is 13.7. The molecule has 0 bridgehead atoms. The maximum absolute atomic E-state index is 12.2. The maximum Gasteiger partial charge on any atom is 0.405 e. The average molecular weight is 346 g/mol. The highest BCUT2D eigenvalue weighted by Crippen LogP contribution is 2.14. The summed E-state index contributed by atoms with van der Waals surface area (Å²) in [5.74, 6) is -1.19. The zero-order chi connectivity index (χ0) is 18.3. The van der Waals surface area contributed by atoms with Gasteiger partial charge in [-0.25, -0.2) is 0 Å². The van der Waals surface area contributed by atoms with Crippen LogP contribution in [0.5, 0.6) is 5.75 Å². The lowest BCUT2D eigenvalue weighted by Gasteiger charge is -2.22. The molecule has 24 heavy (non-hydrogen) atoms. The van der Waals surface area contributed by atoms with Gasteiger partial charge in [0.15, 0.2) is 0 Å². The van der Waals surface area contributed by atoms with E-state index in [2.05, 4.69) is 5.32 Å². The van der Waals surface area contributed by atoms with Crippen LogP contribution in [-0.4, -0.2) is 37.2 Å². The molecule has 0 aromatic heterocycles. The normalized spacial score (nSPS) is 12.6. The molecule has 0 spiro atoms. The van der Waals surface area contributed by atoms with Crippen molar-refractivity contribution >= 4 is 11.8 Å². The summed E-state index contributed by atoms with van der Waals surface area (Å²) in [6, 6.07) is 5.18. The molecular weight excluding hydrogens is 325 g/mol. The van der Waals surface area contributed by atoms with Gasteiger partial charge in [0.1, 0.15) is 18.3 Å². The number of carbonyl (C=O) groups is 2. The molecule has 134 valence electrons. The second-order valence-electron chi connectivity index (χ2n) is 5.49. The highest BCUT2D eigenvalue weighted by atomic mass is 19.4. The van der Waals surface area contributed by atoms with Crippen molar-refractivity contribution in [2.24, 2.45) is 5.92 Å². The Morgan fingerprint density at radius 1 is 1.17 bits per heavy atom. The molecule has 0 aliphatic carbocycles. The fraction of sp³-hybridized carbons (Fsp3) is 0.500. The van der Waals surface area contributed by atoms with E-state index < -0.39 is 30.6 Å². The molecule has 0 radical (unpaired) electrons. The van der Waals surface area contributed by atoms with Crippen molar-refractivity contribution < 1.29 is 27.5 Å². The summed E-state index contributed by atoms with van der Waals surface area (Å²) in [6.45, 7) is 4.15. The Bertz CT molecular complexity index is 557. The summed E-state index contributed by atoms with van der Waals surface area (Å²) in [5.41, 5.74) is 0.285. The van der Waals surface area contributed by atoms with Gasteiger partial charge >= 0.3 is 6.18 Å². The Hall–Kier alpha value is -2.25. The zero-order valence-electron chi connectivity index (χ0n) is 13.7. The minimum absolute atomic E-state index is 0.285. The van der Waals surface area contributed by atoms with Crippen molar-refractivity contribution in [1.82, 2.24) is 10.6 Å². The van der Waals surface area contributed by atoms with E-state index in [0.717, 1.165) is 0 Å². The van der Waals surface area contributed by atoms with E-state index in [1.807, 2.05) is 6.92 Å². The molecule has 0 aliphatic heterocycles. The first-order chi connectivity index (χ1) is 11.1. The molecular formula is C16H21F3N2O3. The number of carbonyl (C=O) groups excluding carboxylic acids is 2. The Morgan fingerprint density at radius 2 is 1.75 bits per heavy atom. The van der Waals surface area contributed by atoms with Crippen molar-refractivity contribution in [1.29, 1.82) is 0 Å². The van der Waals surface area contributed by atoms with Crippen molar-refractivity contribution in [2.45, 2.75) is 33.0 Å². The van der Waals surface area contributed by atoms with Crippen LogP contribution in [0.4, 0.5) is 13.2 Å². The predicted molar refractivity (Wildman–Crippen MR) is 82.8 cm³/mol. The molecule has 2 amide bonds. The van der Waals surface area contributed by atoms with Gasteiger partial charge in [-0.05, 0) is 37.1 Å². The van der Waals surface area contributed by atoms with Gasteiger partial charge in [0.05, 0.1) is 6.61 Å². The number of hydrogen-bond donors (Lipinski definition) is 2. The molecule has 1 rings (SSSR count). The van der Waals surface area contributed by atoms with E-state index >= 15 is 0 Å². The Kier molecular flexibility index (Phi) is 7.06. The number of nitrogens with one attached hydrogen (secondary N) is 2. The van der Waals surface area contributed by atoms with Crippen LogP contribution in [0.25, 0.3) is 0 Å². The third kappa shape index (κ3) is 6.47. The highest BCUT2D eigenvalue weighted by molar-refractivity contribution is 5.97. The summed E-state index contributed by atoms with van der Waals surface area (Å²) in [6.07, 6.45) is -4.50. The van der Waals surface area contributed by atoms with Crippen molar-refractivity contribution in [3.8, 4) is 5.75 Å². The number of hydrogen-bond acceptors (Lipinski definition) is 3. The Labute approximate surface area is 138 Å². The minimum Gasteiger partial charge on any atom is -0.494 e. The van der Waals surface area contributed by atoms with Gasteiger partial charge in [-0.2, -0.15) is 13.2 Å². The van der Waals surface area contributed by atoms with Crippen LogP contribution in [0.2, 0.25) is 0 Å². The quantitative estimate of drug-likeness (QED) is 0.797. The van der Waals surface area contributed by atoms with Crippen LogP contribution < -0.4 is 15.4 Å². The molecule has 0 saturated heterocycles. The standard InChI is InChI=1S/C16H21F3N2O3/c1-4-24-12-7-5-11(6-8-12)14(22)21-13(10(2)3)15(23)20-9-16(17,18)19/h5-8,10,13H,4,9H2,1-3H3,(H,20,23)(H,21,22). The summed E-state index contributed by atoms with van der Waals surface area (Å²) in [7, 11) is 0. The molecule has 0 aliphatic rings. The summed E-state index contributed by atoms with van der Waals surface area (Å²) in [5, 5.41) is 4.25. The Morgan fingerprint density at radius 3 is 2.21 bits per heavy atom. The monoisotopic (exact) mass is 346 g/mol. The van der Waals surface area contributed by atoms with Crippen molar-refractivity contribution in [2.75, 3.05) is 13.2 Å². The Balaban J connectivity index is 2.73. The number of amides is 2. The third-order valence-corrected chi connectivity index (χ3v) is 3.13.